The first kappa shape index (κ1) is 16.4. The molecule has 1 unspecified atom stereocenters. The van der Waals surface area contributed by atoms with Gasteiger partial charge in [0.2, 0.25) is 5.91 Å². The van der Waals surface area contributed by atoms with Crippen LogP contribution >= 0.6 is 11.3 Å². The van der Waals surface area contributed by atoms with Crippen molar-refractivity contribution in [3.63, 3.8) is 0 Å². The number of carboxylic acid groups (broad SMARTS) is 1. The SMILES string of the molecule is CCCCC(CC)C(=O)Nc1ncc(C=CC(=O)O)s1. The number of nitrogens with one attached hydrogen (secondary N) is 1. The maximum atomic E-state index is 12.1. The number of hydrogen-bond acceptors (Lipinski definition) is 4. The van der Waals surface area contributed by atoms with Gasteiger partial charge >= 0.3 is 5.97 Å². The molecular formula is C14H20N2O3S. The van der Waals surface area contributed by atoms with Gasteiger partial charge in [-0.2, -0.15) is 0 Å². The molecule has 1 amide bonds. The number of aliphatic carboxylic acids is 1. The summed E-state index contributed by atoms with van der Waals surface area (Å²) in [7, 11) is 0. The lowest BCUT2D eigenvalue weighted by Gasteiger charge is -2.12. The Morgan fingerprint density at radius 2 is 2.25 bits per heavy atom. The Labute approximate surface area is 122 Å². The molecule has 110 valence electrons. The summed E-state index contributed by atoms with van der Waals surface area (Å²) in [5.74, 6) is -1.00. The summed E-state index contributed by atoms with van der Waals surface area (Å²) >= 11 is 1.26. The largest absolute Gasteiger partial charge is 0.478 e. The lowest BCUT2D eigenvalue weighted by atomic mass is 9.99. The van der Waals surface area contributed by atoms with Gasteiger partial charge in [0.05, 0.1) is 0 Å². The van der Waals surface area contributed by atoms with Crippen LogP contribution in [0.4, 0.5) is 5.13 Å². The van der Waals surface area contributed by atoms with E-state index >= 15 is 0 Å². The van der Waals surface area contributed by atoms with Gasteiger partial charge in [-0.15, -0.1) is 0 Å². The number of nitrogens with zero attached hydrogens (tertiary/aromatic N) is 1. The zero-order chi connectivity index (χ0) is 15.0. The molecule has 0 aliphatic heterocycles. The number of anilines is 1. The minimum atomic E-state index is -1.01. The summed E-state index contributed by atoms with van der Waals surface area (Å²) in [4.78, 5) is 27.3. The third-order valence-corrected chi connectivity index (χ3v) is 3.79. The molecule has 5 nitrogen and oxygen atoms in total. The van der Waals surface area contributed by atoms with Crippen LogP contribution in [0, 0.1) is 5.92 Å². The number of aromatic nitrogens is 1. The molecule has 0 aliphatic carbocycles. The van der Waals surface area contributed by atoms with Gasteiger partial charge in [0.1, 0.15) is 0 Å². The molecule has 0 bridgehead atoms. The monoisotopic (exact) mass is 296 g/mol. The first-order valence-corrected chi connectivity index (χ1v) is 7.56. The molecule has 0 saturated heterocycles. The van der Waals surface area contributed by atoms with E-state index in [-0.39, 0.29) is 11.8 Å². The second-order valence-corrected chi connectivity index (χ2v) is 5.54. The first-order chi connectivity index (χ1) is 9.56. The molecule has 0 aliphatic rings. The van der Waals surface area contributed by atoms with Crippen LogP contribution in [0.15, 0.2) is 12.3 Å². The number of rotatable bonds is 8. The Morgan fingerprint density at radius 3 is 2.85 bits per heavy atom. The number of unbranched alkanes of at least 4 members (excludes halogenated alkanes) is 1. The number of carbonyl (C=O) groups excluding carboxylic acids is 1. The van der Waals surface area contributed by atoms with Crippen LogP contribution in [0.1, 0.15) is 44.4 Å². The van der Waals surface area contributed by atoms with E-state index in [1.807, 2.05) is 6.92 Å². The second kappa shape index (κ2) is 8.47. The lowest BCUT2D eigenvalue weighted by molar-refractivity contribution is -0.131. The van der Waals surface area contributed by atoms with Crippen LogP contribution < -0.4 is 5.32 Å². The highest BCUT2D eigenvalue weighted by atomic mass is 32.1. The van der Waals surface area contributed by atoms with E-state index in [9.17, 15) is 9.59 Å². The Balaban J connectivity index is 2.59. The molecule has 6 heteroatoms. The van der Waals surface area contributed by atoms with Gasteiger partial charge in [0.25, 0.3) is 0 Å². The highest BCUT2D eigenvalue weighted by molar-refractivity contribution is 7.16. The molecule has 0 radical (unpaired) electrons. The molecule has 1 aromatic rings. The zero-order valence-corrected chi connectivity index (χ0v) is 12.6. The van der Waals surface area contributed by atoms with Gasteiger partial charge in [-0.1, -0.05) is 38.0 Å². The minimum Gasteiger partial charge on any atom is -0.478 e. The van der Waals surface area contributed by atoms with Crippen LogP contribution in [0.3, 0.4) is 0 Å². The van der Waals surface area contributed by atoms with E-state index in [0.29, 0.717) is 10.0 Å². The Kier molecular flexibility index (Phi) is 6.93. The normalized spacial score (nSPS) is 12.5. The van der Waals surface area contributed by atoms with Gasteiger partial charge in [0.15, 0.2) is 5.13 Å². The number of carboxylic acids is 1. The molecule has 1 aromatic heterocycles. The van der Waals surface area contributed by atoms with Gasteiger partial charge in [0, 0.05) is 23.1 Å². The topological polar surface area (TPSA) is 79.3 Å². The van der Waals surface area contributed by atoms with E-state index in [1.54, 1.807) is 6.20 Å². The van der Waals surface area contributed by atoms with E-state index in [0.717, 1.165) is 31.8 Å². The maximum absolute atomic E-state index is 12.1. The smallest absolute Gasteiger partial charge is 0.328 e. The molecule has 2 N–H and O–H groups in total. The van der Waals surface area contributed by atoms with Crippen molar-refractivity contribution in [3.05, 3.63) is 17.2 Å². The van der Waals surface area contributed by atoms with Crippen molar-refractivity contribution >= 4 is 34.4 Å². The van der Waals surface area contributed by atoms with Crippen molar-refractivity contribution in [2.45, 2.75) is 39.5 Å². The summed E-state index contributed by atoms with van der Waals surface area (Å²) in [5, 5.41) is 11.8. The van der Waals surface area contributed by atoms with Crippen LogP contribution in [0.25, 0.3) is 6.08 Å². The fourth-order valence-electron chi connectivity index (χ4n) is 1.75. The molecule has 1 atom stereocenters. The quantitative estimate of drug-likeness (QED) is 0.721. The summed E-state index contributed by atoms with van der Waals surface area (Å²) in [6.45, 7) is 4.11. The standard InChI is InChI=1S/C14H20N2O3S/c1-3-5-6-10(4-2)13(19)16-14-15-9-11(20-14)7-8-12(17)18/h7-10H,3-6H2,1-2H3,(H,17,18)(H,15,16,19). The van der Waals surface area contributed by atoms with Crippen LogP contribution in [-0.4, -0.2) is 22.0 Å². The molecule has 1 rings (SSSR count). The van der Waals surface area contributed by atoms with Crippen molar-refractivity contribution in [2.24, 2.45) is 5.92 Å². The Hall–Kier alpha value is -1.69. The van der Waals surface area contributed by atoms with E-state index < -0.39 is 5.97 Å². The number of amides is 1. The molecule has 1 heterocycles. The zero-order valence-electron chi connectivity index (χ0n) is 11.8. The highest BCUT2D eigenvalue weighted by Crippen LogP contribution is 2.21. The Morgan fingerprint density at radius 1 is 1.50 bits per heavy atom. The highest BCUT2D eigenvalue weighted by Gasteiger charge is 2.16. The van der Waals surface area contributed by atoms with Crippen LogP contribution in [0.2, 0.25) is 0 Å². The van der Waals surface area contributed by atoms with Crippen molar-refractivity contribution in [1.29, 1.82) is 0 Å². The van der Waals surface area contributed by atoms with Crippen molar-refractivity contribution in [3.8, 4) is 0 Å². The molecule has 0 saturated carbocycles. The van der Waals surface area contributed by atoms with E-state index in [2.05, 4.69) is 17.2 Å². The van der Waals surface area contributed by atoms with Crippen molar-refractivity contribution in [2.75, 3.05) is 5.32 Å². The number of hydrogen-bond donors (Lipinski definition) is 2. The molecular weight excluding hydrogens is 276 g/mol. The summed E-state index contributed by atoms with van der Waals surface area (Å²) in [6.07, 6.45) is 7.87. The van der Waals surface area contributed by atoms with Crippen molar-refractivity contribution < 1.29 is 14.7 Å². The predicted octanol–water partition coefficient (Wildman–Crippen LogP) is 3.40. The molecule has 20 heavy (non-hydrogen) atoms. The maximum Gasteiger partial charge on any atom is 0.328 e. The lowest BCUT2D eigenvalue weighted by Crippen LogP contribution is -2.22. The van der Waals surface area contributed by atoms with E-state index in [4.69, 9.17) is 5.11 Å². The van der Waals surface area contributed by atoms with E-state index in [1.165, 1.54) is 17.4 Å². The van der Waals surface area contributed by atoms with Crippen molar-refractivity contribution in [1.82, 2.24) is 4.98 Å². The van der Waals surface area contributed by atoms with Crippen LogP contribution in [-0.2, 0) is 9.59 Å². The summed E-state index contributed by atoms with van der Waals surface area (Å²) in [6, 6.07) is 0. The molecule has 0 spiro atoms. The third kappa shape index (κ3) is 5.52. The van der Waals surface area contributed by atoms with Gasteiger partial charge in [-0.25, -0.2) is 9.78 Å². The second-order valence-electron chi connectivity index (χ2n) is 4.48. The Bertz CT molecular complexity index is 483. The summed E-state index contributed by atoms with van der Waals surface area (Å²) < 4.78 is 0. The third-order valence-electron chi connectivity index (χ3n) is 2.91. The first-order valence-electron chi connectivity index (χ1n) is 6.74. The molecule has 0 aromatic carbocycles. The average molecular weight is 296 g/mol. The fraction of sp³-hybridized carbons (Fsp3) is 0.500. The van der Waals surface area contributed by atoms with Crippen LogP contribution in [0.5, 0.6) is 0 Å². The van der Waals surface area contributed by atoms with Gasteiger partial charge in [-0.05, 0) is 18.9 Å². The minimum absolute atomic E-state index is 0.0101. The van der Waals surface area contributed by atoms with Gasteiger partial charge in [-0.3, -0.25) is 4.79 Å². The number of thiazole rings is 1. The predicted molar refractivity (Wildman–Crippen MR) is 80.7 cm³/mol. The fourth-order valence-corrected chi connectivity index (χ4v) is 2.48. The average Bonchev–Trinajstić information content (AvgIpc) is 2.85. The van der Waals surface area contributed by atoms with Gasteiger partial charge < -0.3 is 10.4 Å². The molecule has 0 fully saturated rings. The summed E-state index contributed by atoms with van der Waals surface area (Å²) in [5.41, 5.74) is 0. The number of carbonyl (C=O) groups is 2.